The van der Waals surface area contributed by atoms with Crippen molar-refractivity contribution in [2.75, 3.05) is 0 Å². The minimum Gasteiger partial charge on any atom is -0.322 e. The molecule has 1 aromatic heterocycles. The van der Waals surface area contributed by atoms with Crippen LogP contribution in [0.15, 0.2) is 24.3 Å². The smallest absolute Gasteiger partial charge is 0.0709 e. The van der Waals surface area contributed by atoms with E-state index in [2.05, 4.69) is 4.98 Å². The number of halogens is 1. The maximum absolute atomic E-state index is 6.17. The third-order valence-electron chi connectivity index (χ3n) is 2.59. The van der Waals surface area contributed by atoms with Crippen molar-refractivity contribution >= 4 is 22.5 Å². The van der Waals surface area contributed by atoms with Gasteiger partial charge in [0, 0.05) is 21.6 Å². The number of benzene rings is 1. The number of aryl methyl sites for hydroxylation is 1. The maximum atomic E-state index is 6.17. The van der Waals surface area contributed by atoms with Crippen molar-refractivity contribution in [2.24, 2.45) is 5.73 Å². The molecular weight excluding hydrogens is 220 g/mol. The van der Waals surface area contributed by atoms with Crippen molar-refractivity contribution in [3.8, 4) is 0 Å². The van der Waals surface area contributed by atoms with Gasteiger partial charge in [-0.25, -0.2) is 0 Å². The molecule has 84 valence electrons. The first-order valence-electron chi connectivity index (χ1n) is 5.24. The second-order valence-corrected chi connectivity index (χ2v) is 5.13. The summed E-state index contributed by atoms with van der Waals surface area (Å²) in [5, 5.41) is 1.74. The molecule has 2 N–H and O–H groups in total. The van der Waals surface area contributed by atoms with Gasteiger partial charge in [0.05, 0.1) is 5.52 Å². The van der Waals surface area contributed by atoms with Gasteiger partial charge < -0.3 is 5.73 Å². The highest BCUT2D eigenvalue weighted by atomic mass is 35.5. The van der Waals surface area contributed by atoms with E-state index < -0.39 is 5.54 Å². The normalized spacial score (nSPS) is 12.1. The van der Waals surface area contributed by atoms with Crippen LogP contribution in [0.25, 0.3) is 10.9 Å². The van der Waals surface area contributed by atoms with Crippen LogP contribution in [-0.2, 0) is 5.54 Å². The number of nitrogens with zero attached hydrogens (tertiary/aromatic N) is 1. The summed E-state index contributed by atoms with van der Waals surface area (Å²) in [6.45, 7) is 5.95. The Labute approximate surface area is 100 Å². The first-order valence-corrected chi connectivity index (χ1v) is 5.62. The van der Waals surface area contributed by atoms with Crippen LogP contribution in [0.3, 0.4) is 0 Å². The van der Waals surface area contributed by atoms with Gasteiger partial charge in [-0.05, 0) is 50.6 Å². The molecule has 1 heterocycles. The quantitative estimate of drug-likeness (QED) is 0.822. The molecule has 0 saturated heterocycles. The Morgan fingerprint density at radius 1 is 1.25 bits per heavy atom. The van der Waals surface area contributed by atoms with Gasteiger partial charge in [0.25, 0.3) is 0 Å². The zero-order chi connectivity index (χ0) is 11.9. The molecule has 0 unspecified atom stereocenters. The van der Waals surface area contributed by atoms with E-state index in [4.69, 9.17) is 17.3 Å². The summed E-state index contributed by atoms with van der Waals surface area (Å²) in [5.74, 6) is 0. The Bertz CT molecular complexity index is 541. The average molecular weight is 235 g/mol. The molecule has 0 bridgehead atoms. The van der Waals surface area contributed by atoms with Crippen LogP contribution in [-0.4, -0.2) is 4.98 Å². The second kappa shape index (κ2) is 3.72. The summed E-state index contributed by atoms with van der Waals surface area (Å²) in [6.07, 6.45) is 0. The molecule has 1 aromatic carbocycles. The molecule has 2 nitrogen and oxygen atoms in total. The fraction of sp³-hybridized carbons (Fsp3) is 0.308. The molecule has 2 aromatic rings. The van der Waals surface area contributed by atoms with Gasteiger partial charge in [-0.2, -0.15) is 0 Å². The summed E-state index contributed by atoms with van der Waals surface area (Å²) in [4.78, 5) is 4.48. The number of rotatable bonds is 1. The summed E-state index contributed by atoms with van der Waals surface area (Å²) < 4.78 is 0. The molecule has 0 fully saturated rings. The number of nitrogens with two attached hydrogens (primary N) is 1. The van der Waals surface area contributed by atoms with Gasteiger partial charge >= 0.3 is 0 Å². The molecule has 0 aliphatic rings. The minimum absolute atomic E-state index is 0.392. The highest BCUT2D eigenvalue weighted by Crippen LogP contribution is 2.28. The van der Waals surface area contributed by atoms with Crippen LogP contribution in [0.1, 0.15) is 25.1 Å². The summed E-state index contributed by atoms with van der Waals surface area (Å²) in [7, 11) is 0. The van der Waals surface area contributed by atoms with Gasteiger partial charge in [0.15, 0.2) is 0 Å². The lowest BCUT2D eigenvalue weighted by Gasteiger charge is -2.21. The Morgan fingerprint density at radius 2 is 1.94 bits per heavy atom. The third kappa shape index (κ3) is 2.04. The van der Waals surface area contributed by atoms with E-state index in [1.165, 1.54) is 0 Å². The molecular formula is C13H15ClN2. The summed E-state index contributed by atoms with van der Waals surface area (Å²) in [5.41, 5.74) is 8.78. The SMILES string of the molecule is Cc1cc(C(C)(C)N)c2cc(Cl)ccc2n1. The zero-order valence-corrected chi connectivity index (χ0v) is 10.5. The van der Waals surface area contributed by atoms with E-state index in [-0.39, 0.29) is 0 Å². The third-order valence-corrected chi connectivity index (χ3v) is 2.83. The van der Waals surface area contributed by atoms with Gasteiger partial charge in [0.1, 0.15) is 0 Å². The van der Waals surface area contributed by atoms with Gasteiger partial charge in [-0.15, -0.1) is 0 Å². The second-order valence-electron chi connectivity index (χ2n) is 4.69. The molecule has 3 heteroatoms. The first-order chi connectivity index (χ1) is 7.38. The molecule has 0 saturated carbocycles. The average Bonchev–Trinajstić information content (AvgIpc) is 2.16. The van der Waals surface area contributed by atoms with Crippen molar-refractivity contribution in [3.05, 3.63) is 40.5 Å². The van der Waals surface area contributed by atoms with E-state index in [1.54, 1.807) is 0 Å². The van der Waals surface area contributed by atoms with Crippen molar-refractivity contribution in [1.82, 2.24) is 4.98 Å². The number of hydrogen-bond acceptors (Lipinski definition) is 2. The molecule has 2 rings (SSSR count). The number of fused-ring (bicyclic) bond motifs is 1. The predicted octanol–water partition coefficient (Wildman–Crippen LogP) is 3.39. The van der Waals surface area contributed by atoms with Gasteiger partial charge in [-0.1, -0.05) is 11.6 Å². The van der Waals surface area contributed by atoms with Crippen molar-refractivity contribution in [2.45, 2.75) is 26.3 Å². The largest absolute Gasteiger partial charge is 0.322 e. The molecule has 0 amide bonds. The van der Waals surface area contributed by atoms with Crippen LogP contribution in [0, 0.1) is 6.92 Å². The standard InChI is InChI=1S/C13H15ClN2/c1-8-6-11(13(2,3)15)10-7-9(14)4-5-12(10)16-8/h4-7H,15H2,1-3H3. The first kappa shape index (κ1) is 11.4. The molecule has 0 aliphatic heterocycles. The Hall–Kier alpha value is -1.12. The highest BCUT2D eigenvalue weighted by molar-refractivity contribution is 6.31. The molecule has 0 spiro atoms. The Morgan fingerprint density at radius 3 is 2.56 bits per heavy atom. The topological polar surface area (TPSA) is 38.9 Å². The van der Waals surface area contributed by atoms with E-state index in [0.717, 1.165) is 22.2 Å². The van der Waals surface area contributed by atoms with Crippen LogP contribution >= 0.6 is 11.6 Å². The van der Waals surface area contributed by atoms with Crippen molar-refractivity contribution in [1.29, 1.82) is 0 Å². The van der Waals surface area contributed by atoms with Gasteiger partial charge in [-0.3, -0.25) is 4.98 Å². The Kier molecular flexibility index (Phi) is 2.64. The van der Waals surface area contributed by atoms with E-state index in [0.29, 0.717) is 5.02 Å². The fourth-order valence-electron chi connectivity index (χ4n) is 1.86. The predicted molar refractivity (Wildman–Crippen MR) is 68.7 cm³/mol. The van der Waals surface area contributed by atoms with Crippen LogP contribution < -0.4 is 5.73 Å². The molecule has 0 radical (unpaired) electrons. The van der Waals surface area contributed by atoms with E-state index in [9.17, 15) is 0 Å². The molecule has 0 aliphatic carbocycles. The number of hydrogen-bond donors (Lipinski definition) is 1. The highest BCUT2D eigenvalue weighted by Gasteiger charge is 2.18. The van der Waals surface area contributed by atoms with E-state index in [1.807, 2.05) is 45.0 Å². The number of pyridine rings is 1. The lowest BCUT2D eigenvalue weighted by molar-refractivity contribution is 0.558. The van der Waals surface area contributed by atoms with Crippen LogP contribution in [0.4, 0.5) is 0 Å². The molecule has 16 heavy (non-hydrogen) atoms. The van der Waals surface area contributed by atoms with Crippen LogP contribution in [0.2, 0.25) is 5.02 Å². The van der Waals surface area contributed by atoms with Crippen LogP contribution in [0.5, 0.6) is 0 Å². The zero-order valence-electron chi connectivity index (χ0n) is 9.71. The van der Waals surface area contributed by atoms with Crippen molar-refractivity contribution in [3.63, 3.8) is 0 Å². The fourth-order valence-corrected chi connectivity index (χ4v) is 2.04. The minimum atomic E-state index is -0.392. The van der Waals surface area contributed by atoms with Gasteiger partial charge in [0.2, 0.25) is 0 Å². The maximum Gasteiger partial charge on any atom is 0.0709 e. The lowest BCUT2D eigenvalue weighted by Crippen LogP contribution is -2.29. The Balaban J connectivity index is 2.85. The lowest BCUT2D eigenvalue weighted by atomic mass is 9.92. The summed E-state index contributed by atoms with van der Waals surface area (Å²) >= 11 is 6.01. The monoisotopic (exact) mass is 234 g/mol. The summed E-state index contributed by atoms with van der Waals surface area (Å²) in [6, 6.07) is 7.73. The molecule has 0 atom stereocenters. The van der Waals surface area contributed by atoms with E-state index >= 15 is 0 Å². The number of aromatic nitrogens is 1. The van der Waals surface area contributed by atoms with Crippen molar-refractivity contribution < 1.29 is 0 Å².